The first-order chi connectivity index (χ1) is 16.5. The van der Waals surface area contributed by atoms with E-state index in [1.807, 2.05) is 39.6 Å². The normalized spacial score (nSPS) is 20.6. The Hall–Kier alpha value is -2.59. The summed E-state index contributed by atoms with van der Waals surface area (Å²) < 4.78 is 10.3. The van der Waals surface area contributed by atoms with Gasteiger partial charge < -0.3 is 19.3 Å². The summed E-state index contributed by atoms with van der Waals surface area (Å²) in [6.45, 7) is 5.21. The van der Waals surface area contributed by atoms with E-state index >= 15 is 0 Å². The molecule has 34 heavy (non-hydrogen) atoms. The molecule has 10 heteroatoms. The Morgan fingerprint density at radius 2 is 1.97 bits per heavy atom. The van der Waals surface area contributed by atoms with Gasteiger partial charge in [-0.05, 0) is 43.0 Å². The van der Waals surface area contributed by atoms with Crippen LogP contribution < -0.4 is 0 Å². The molecule has 1 amide bonds. The SMILES string of the molecule is CCOC(=O)C1CCN(C(=O)CC2=CSC3=NC(CC)=C(C(=O)OC)C(c4cccs4)N23)CC1. The van der Waals surface area contributed by atoms with Crippen LogP contribution in [0.1, 0.15) is 50.4 Å². The molecule has 8 nitrogen and oxygen atoms in total. The molecule has 1 aromatic rings. The standard InChI is InChI=1S/C24H29N3O5S2/c1-4-17-20(23(30)31-3)21(18-7-6-12-33-18)27-16(14-34-24(27)25-17)13-19(28)26-10-8-15(9-11-26)22(29)32-5-2/h6-7,12,14-15,21H,4-5,8-11,13H2,1-3H3. The number of likely N-dealkylation sites (tertiary alicyclic amines) is 1. The van der Waals surface area contributed by atoms with Crippen molar-refractivity contribution < 1.29 is 23.9 Å². The highest BCUT2D eigenvalue weighted by atomic mass is 32.2. The number of hydrogen-bond acceptors (Lipinski definition) is 9. The van der Waals surface area contributed by atoms with E-state index in [2.05, 4.69) is 0 Å². The number of ether oxygens (including phenoxy) is 2. The van der Waals surface area contributed by atoms with Crippen LogP contribution in [-0.4, -0.2) is 59.6 Å². The first-order valence-electron chi connectivity index (χ1n) is 11.5. The third-order valence-electron chi connectivity index (χ3n) is 6.24. The van der Waals surface area contributed by atoms with Gasteiger partial charge in [-0.2, -0.15) is 0 Å². The first kappa shape index (κ1) is 24.5. The van der Waals surface area contributed by atoms with Gasteiger partial charge >= 0.3 is 11.9 Å². The maximum absolute atomic E-state index is 13.2. The summed E-state index contributed by atoms with van der Waals surface area (Å²) in [5.41, 5.74) is 2.05. The number of thiophene rings is 1. The topological polar surface area (TPSA) is 88.5 Å². The number of hydrogen-bond donors (Lipinski definition) is 0. The van der Waals surface area contributed by atoms with E-state index in [0.717, 1.165) is 15.7 Å². The first-order valence-corrected chi connectivity index (χ1v) is 13.3. The molecule has 4 rings (SSSR count). The van der Waals surface area contributed by atoms with E-state index in [4.69, 9.17) is 14.5 Å². The summed E-state index contributed by atoms with van der Waals surface area (Å²) in [7, 11) is 1.38. The van der Waals surface area contributed by atoms with Crippen LogP contribution in [0.3, 0.4) is 0 Å². The van der Waals surface area contributed by atoms with Gasteiger partial charge in [0.25, 0.3) is 0 Å². The van der Waals surface area contributed by atoms with Crippen LogP contribution in [-0.2, 0) is 23.9 Å². The van der Waals surface area contributed by atoms with Gasteiger partial charge in [0, 0.05) is 23.7 Å². The van der Waals surface area contributed by atoms with E-state index in [-0.39, 0.29) is 30.3 Å². The molecule has 1 unspecified atom stereocenters. The molecule has 1 fully saturated rings. The number of rotatable bonds is 7. The number of carbonyl (C=O) groups excluding carboxylic acids is 3. The molecule has 0 aliphatic carbocycles. The van der Waals surface area contributed by atoms with Crippen molar-refractivity contribution in [2.24, 2.45) is 10.9 Å². The van der Waals surface area contributed by atoms with Gasteiger partial charge in [0.2, 0.25) is 5.91 Å². The second-order valence-corrected chi connectivity index (χ2v) is 10.0. The van der Waals surface area contributed by atoms with Gasteiger partial charge in [0.15, 0.2) is 5.17 Å². The molecule has 4 heterocycles. The smallest absolute Gasteiger partial charge is 0.338 e. The Labute approximate surface area is 207 Å². The number of carbonyl (C=O) groups is 3. The zero-order valence-electron chi connectivity index (χ0n) is 19.6. The average Bonchev–Trinajstić information content (AvgIpc) is 3.53. The average molecular weight is 504 g/mol. The number of esters is 2. The highest BCUT2D eigenvalue weighted by molar-refractivity contribution is 8.16. The van der Waals surface area contributed by atoms with Gasteiger partial charge in [-0.15, -0.1) is 11.3 Å². The monoisotopic (exact) mass is 503 g/mol. The Kier molecular flexibility index (Phi) is 7.77. The van der Waals surface area contributed by atoms with Crippen molar-refractivity contribution in [1.82, 2.24) is 9.80 Å². The zero-order valence-corrected chi connectivity index (χ0v) is 21.2. The van der Waals surface area contributed by atoms with E-state index in [9.17, 15) is 14.4 Å². The predicted octanol–water partition coefficient (Wildman–Crippen LogP) is 4.08. The zero-order chi connectivity index (χ0) is 24.2. The van der Waals surface area contributed by atoms with Crippen LogP contribution in [0.2, 0.25) is 0 Å². The Morgan fingerprint density at radius 3 is 2.59 bits per heavy atom. The van der Waals surface area contributed by atoms with Crippen molar-refractivity contribution in [3.63, 3.8) is 0 Å². The predicted molar refractivity (Wildman–Crippen MR) is 132 cm³/mol. The van der Waals surface area contributed by atoms with Crippen molar-refractivity contribution in [3.05, 3.63) is 44.8 Å². The fraction of sp³-hybridized carbons (Fsp3) is 0.500. The molecular weight excluding hydrogens is 474 g/mol. The Morgan fingerprint density at radius 1 is 1.21 bits per heavy atom. The lowest BCUT2D eigenvalue weighted by Gasteiger charge is -2.36. The number of piperidine rings is 1. The van der Waals surface area contributed by atoms with E-state index < -0.39 is 5.97 Å². The van der Waals surface area contributed by atoms with Crippen LogP contribution in [0.15, 0.2) is 44.9 Å². The number of fused-ring (bicyclic) bond motifs is 1. The van der Waals surface area contributed by atoms with Gasteiger partial charge in [-0.25, -0.2) is 9.79 Å². The molecule has 0 bridgehead atoms. The summed E-state index contributed by atoms with van der Waals surface area (Å²) in [5, 5.41) is 4.70. The fourth-order valence-electron chi connectivity index (χ4n) is 4.52. The Bertz CT molecular complexity index is 1040. The molecule has 3 aliphatic heterocycles. The minimum Gasteiger partial charge on any atom is -0.466 e. The summed E-state index contributed by atoms with van der Waals surface area (Å²) in [6, 6.07) is 3.58. The molecule has 0 spiro atoms. The maximum Gasteiger partial charge on any atom is 0.338 e. The lowest BCUT2D eigenvalue weighted by molar-refractivity contribution is -0.151. The van der Waals surface area contributed by atoms with Gasteiger partial charge in [0.1, 0.15) is 6.04 Å². The van der Waals surface area contributed by atoms with Crippen LogP contribution in [0.4, 0.5) is 0 Å². The van der Waals surface area contributed by atoms with Crippen LogP contribution in [0, 0.1) is 5.92 Å². The summed E-state index contributed by atoms with van der Waals surface area (Å²) in [5.74, 6) is -0.715. The molecule has 1 aromatic heterocycles. The molecule has 1 saturated heterocycles. The van der Waals surface area contributed by atoms with Gasteiger partial charge in [-0.3, -0.25) is 9.59 Å². The minimum absolute atomic E-state index is 0.00484. The highest BCUT2D eigenvalue weighted by Gasteiger charge is 2.42. The van der Waals surface area contributed by atoms with E-state index in [1.54, 1.807) is 18.3 Å². The molecule has 0 saturated carbocycles. The summed E-state index contributed by atoms with van der Waals surface area (Å²) in [4.78, 5) is 47.6. The Balaban J connectivity index is 1.52. The lowest BCUT2D eigenvalue weighted by atomic mass is 9.96. The molecule has 182 valence electrons. The number of methoxy groups -OCH3 is 1. The van der Waals surface area contributed by atoms with E-state index in [0.29, 0.717) is 50.2 Å². The number of amidine groups is 1. The summed E-state index contributed by atoms with van der Waals surface area (Å²) in [6.07, 6.45) is 2.03. The number of amides is 1. The van der Waals surface area contributed by atoms with Crippen LogP contribution in [0.5, 0.6) is 0 Å². The second-order valence-electron chi connectivity index (χ2n) is 8.20. The quantitative estimate of drug-likeness (QED) is 0.518. The second kappa shape index (κ2) is 10.8. The van der Waals surface area contributed by atoms with Crippen LogP contribution in [0.25, 0.3) is 0 Å². The van der Waals surface area contributed by atoms with Crippen molar-refractivity contribution >= 4 is 46.1 Å². The fourth-order valence-corrected chi connectivity index (χ4v) is 6.28. The van der Waals surface area contributed by atoms with Gasteiger partial charge in [-0.1, -0.05) is 24.8 Å². The maximum atomic E-state index is 13.2. The minimum atomic E-state index is -0.401. The largest absolute Gasteiger partial charge is 0.466 e. The molecule has 0 N–H and O–H groups in total. The van der Waals surface area contributed by atoms with Crippen molar-refractivity contribution in [2.75, 3.05) is 26.8 Å². The number of thioether (sulfide) groups is 1. The third kappa shape index (κ3) is 4.79. The molecular formula is C24H29N3O5S2. The van der Waals surface area contributed by atoms with Crippen molar-refractivity contribution in [3.8, 4) is 0 Å². The van der Waals surface area contributed by atoms with Crippen molar-refractivity contribution in [2.45, 2.75) is 45.6 Å². The highest BCUT2D eigenvalue weighted by Crippen LogP contribution is 2.46. The van der Waals surface area contributed by atoms with Crippen molar-refractivity contribution in [1.29, 1.82) is 0 Å². The number of nitrogens with zero attached hydrogens (tertiary/aromatic N) is 3. The third-order valence-corrected chi connectivity index (χ3v) is 8.06. The van der Waals surface area contributed by atoms with Gasteiger partial charge in [0.05, 0.1) is 37.3 Å². The van der Waals surface area contributed by atoms with E-state index in [1.165, 1.54) is 18.9 Å². The van der Waals surface area contributed by atoms with Crippen LogP contribution >= 0.6 is 23.1 Å². The lowest BCUT2D eigenvalue weighted by Crippen LogP contribution is -2.42. The number of aliphatic imine (C=N–C) groups is 1. The molecule has 3 aliphatic rings. The summed E-state index contributed by atoms with van der Waals surface area (Å²) >= 11 is 3.04. The molecule has 1 atom stereocenters. The molecule has 0 radical (unpaired) electrons. The number of allylic oxidation sites excluding steroid dienone is 1. The molecule has 0 aromatic carbocycles.